The molecule has 3 saturated carbocycles. The topological polar surface area (TPSA) is 20.2 Å². The number of aliphatic hydroxyl groups excluding tert-OH is 1. The molecule has 12 heavy (non-hydrogen) atoms. The van der Waals surface area contributed by atoms with Crippen LogP contribution in [0.15, 0.2) is 0 Å². The van der Waals surface area contributed by atoms with Crippen molar-refractivity contribution in [2.75, 3.05) is 0 Å². The summed E-state index contributed by atoms with van der Waals surface area (Å²) in [7, 11) is 0. The number of hydrogen-bond acceptors (Lipinski definition) is 1. The van der Waals surface area contributed by atoms with E-state index in [1.165, 1.54) is 38.5 Å². The molecule has 0 radical (unpaired) electrons. The lowest BCUT2D eigenvalue weighted by Gasteiger charge is -2.37. The summed E-state index contributed by atoms with van der Waals surface area (Å²) in [5.41, 5.74) is 0.627. The standard InChI is InChI=1S/C11H18O/c12-9-4-7-11-5-1-2-8(3-6-11)10(9)11/h8-10,12H,1-7H2. The van der Waals surface area contributed by atoms with Crippen molar-refractivity contribution in [2.24, 2.45) is 17.3 Å². The molecule has 1 heteroatoms. The summed E-state index contributed by atoms with van der Waals surface area (Å²) in [5, 5.41) is 9.90. The van der Waals surface area contributed by atoms with Crippen LogP contribution in [0, 0.1) is 17.3 Å². The summed E-state index contributed by atoms with van der Waals surface area (Å²) in [6, 6.07) is 0. The molecule has 4 atom stereocenters. The fourth-order valence-electron chi connectivity index (χ4n) is 4.40. The first-order valence-corrected chi connectivity index (χ1v) is 5.50. The molecule has 3 rings (SSSR count). The number of aliphatic hydroxyl groups is 1. The molecule has 2 bridgehead atoms. The second-order valence-corrected chi connectivity index (χ2v) is 5.19. The van der Waals surface area contributed by atoms with Crippen LogP contribution in [0.2, 0.25) is 0 Å². The van der Waals surface area contributed by atoms with Gasteiger partial charge >= 0.3 is 0 Å². The van der Waals surface area contributed by atoms with Gasteiger partial charge in [-0.25, -0.2) is 0 Å². The molecule has 3 aliphatic rings. The van der Waals surface area contributed by atoms with Gasteiger partial charge in [-0.2, -0.15) is 0 Å². The van der Waals surface area contributed by atoms with E-state index >= 15 is 0 Å². The third-order valence-corrected chi connectivity index (χ3v) is 4.83. The predicted octanol–water partition coefficient (Wildman–Crippen LogP) is 2.34. The molecule has 0 saturated heterocycles. The molecule has 4 unspecified atom stereocenters. The zero-order valence-electron chi connectivity index (χ0n) is 7.63. The predicted molar refractivity (Wildman–Crippen MR) is 47.7 cm³/mol. The van der Waals surface area contributed by atoms with Crippen molar-refractivity contribution in [3.8, 4) is 0 Å². The molecule has 0 aliphatic heterocycles. The van der Waals surface area contributed by atoms with E-state index in [2.05, 4.69) is 0 Å². The molecule has 1 nitrogen and oxygen atoms in total. The zero-order valence-corrected chi connectivity index (χ0v) is 7.63. The van der Waals surface area contributed by atoms with Gasteiger partial charge < -0.3 is 5.11 Å². The molecule has 0 spiro atoms. The smallest absolute Gasteiger partial charge is 0.0576 e. The maximum atomic E-state index is 9.90. The van der Waals surface area contributed by atoms with Gasteiger partial charge in [0.25, 0.3) is 0 Å². The van der Waals surface area contributed by atoms with E-state index in [1.54, 1.807) is 0 Å². The quantitative estimate of drug-likeness (QED) is 0.585. The van der Waals surface area contributed by atoms with E-state index in [9.17, 15) is 5.11 Å². The molecular formula is C11H18O. The van der Waals surface area contributed by atoms with E-state index in [0.717, 1.165) is 12.3 Å². The average molecular weight is 166 g/mol. The summed E-state index contributed by atoms with van der Waals surface area (Å²) in [5.74, 6) is 1.61. The number of rotatable bonds is 0. The Labute approximate surface area is 74.2 Å². The van der Waals surface area contributed by atoms with Crippen LogP contribution in [-0.4, -0.2) is 11.2 Å². The average Bonchev–Trinajstić information content (AvgIpc) is 2.50. The molecule has 0 aromatic heterocycles. The van der Waals surface area contributed by atoms with Crippen molar-refractivity contribution in [3.63, 3.8) is 0 Å². The fourth-order valence-corrected chi connectivity index (χ4v) is 4.40. The van der Waals surface area contributed by atoms with Crippen LogP contribution in [0.1, 0.15) is 44.9 Å². The Kier molecular flexibility index (Phi) is 1.39. The highest BCUT2D eigenvalue weighted by Gasteiger charge is 2.56. The summed E-state index contributed by atoms with van der Waals surface area (Å²) in [6.07, 6.45) is 9.61. The van der Waals surface area contributed by atoms with Crippen LogP contribution < -0.4 is 0 Å². The SMILES string of the molecule is OC1CCC23CCCC(CC2)C13. The minimum Gasteiger partial charge on any atom is -0.393 e. The van der Waals surface area contributed by atoms with Gasteiger partial charge in [-0.15, -0.1) is 0 Å². The molecule has 0 aromatic rings. The van der Waals surface area contributed by atoms with E-state index in [4.69, 9.17) is 0 Å². The minimum atomic E-state index is 0.0674. The maximum absolute atomic E-state index is 9.90. The second-order valence-electron chi connectivity index (χ2n) is 5.19. The first-order chi connectivity index (χ1) is 5.82. The molecule has 0 heterocycles. The van der Waals surface area contributed by atoms with Crippen LogP contribution in [-0.2, 0) is 0 Å². The first-order valence-electron chi connectivity index (χ1n) is 5.50. The zero-order chi connectivity index (χ0) is 8.18. The lowest BCUT2D eigenvalue weighted by atomic mass is 9.69. The largest absolute Gasteiger partial charge is 0.393 e. The van der Waals surface area contributed by atoms with Crippen LogP contribution in [0.5, 0.6) is 0 Å². The molecule has 68 valence electrons. The molecular weight excluding hydrogens is 148 g/mol. The summed E-state index contributed by atoms with van der Waals surface area (Å²) in [6.45, 7) is 0. The van der Waals surface area contributed by atoms with Gasteiger partial charge in [0.1, 0.15) is 0 Å². The van der Waals surface area contributed by atoms with E-state index in [-0.39, 0.29) is 6.10 Å². The van der Waals surface area contributed by atoms with Crippen LogP contribution in [0.4, 0.5) is 0 Å². The van der Waals surface area contributed by atoms with Gasteiger partial charge in [0.15, 0.2) is 0 Å². The highest BCUT2D eigenvalue weighted by atomic mass is 16.3. The Morgan fingerprint density at radius 2 is 1.83 bits per heavy atom. The fraction of sp³-hybridized carbons (Fsp3) is 1.00. The van der Waals surface area contributed by atoms with Gasteiger partial charge in [-0.1, -0.05) is 12.8 Å². The molecule has 3 aliphatic carbocycles. The Morgan fingerprint density at radius 3 is 2.67 bits per heavy atom. The first kappa shape index (κ1) is 7.37. The Hall–Kier alpha value is -0.0400. The van der Waals surface area contributed by atoms with Crippen LogP contribution in [0.25, 0.3) is 0 Å². The molecule has 3 fully saturated rings. The molecule has 0 amide bonds. The van der Waals surface area contributed by atoms with Gasteiger partial charge in [-0.3, -0.25) is 0 Å². The monoisotopic (exact) mass is 166 g/mol. The van der Waals surface area contributed by atoms with Crippen LogP contribution >= 0.6 is 0 Å². The van der Waals surface area contributed by atoms with Crippen LogP contribution in [0.3, 0.4) is 0 Å². The highest BCUT2D eigenvalue weighted by Crippen LogP contribution is 2.63. The summed E-state index contributed by atoms with van der Waals surface area (Å²) in [4.78, 5) is 0. The van der Waals surface area contributed by atoms with Gasteiger partial charge in [-0.05, 0) is 49.4 Å². The lowest BCUT2D eigenvalue weighted by molar-refractivity contribution is 0.0429. The third-order valence-electron chi connectivity index (χ3n) is 4.83. The highest BCUT2D eigenvalue weighted by molar-refractivity contribution is 5.06. The Balaban J connectivity index is 1.97. The van der Waals surface area contributed by atoms with Crippen molar-refractivity contribution in [3.05, 3.63) is 0 Å². The normalized spacial score (nSPS) is 57.2. The van der Waals surface area contributed by atoms with Crippen molar-refractivity contribution in [2.45, 2.75) is 51.0 Å². The van der Waals surface area contributed by atoms with E-state index in [1.807, 2.05) is 0 Å². The summed E-state index contributed by atoms with van der Waals surface area (Å²) < 4.78 is 0. The third kappa shape index (κ3) is 0.736. The van der Waals surface area contributed by atoms with Crippen molar-refractivity contribution >= 4 is 0 Å². The Bertz CT molecular complexity index is 192. The van der Waals surface area contributed by atoms with Gasteiger partial charge in [0.05, 0.1) is 6.10 Å². The van der Waals surface area contributed by atoms with Crippen molar-refractivity contribution in [1.29, 1.82) is 0 Å². The number of hydrogen-bond donors (Lipinski definition) is 1. The van der Waals surface area contributed by atoms with Crippen molar-refractivity contribution < 1.29 is 5.11 Å². The lowest BCUT2D eigenvalue weighted by Crippen LogP contribution is -2.32. The maximum Gasteiger partial charge on any atom is 0.0576 e. The Morgan fingerprint density at radius 1 is 1.00 bits per heavy atom. The van der Waals surface area contributed by atoms with Crippen molar-refractivity contribution in [1.82, 2.24) is 0 Å². The minimum absolute atomic E-state index is 0.0674. The van der Waals surface area contributed by atoms with E-state index < -0.39 is 0 Å². The molecule has 1 N–H and O–H groups in total. The molecule has 0 aromatic carbocycles. The van der Waals surface area contributed by atoms with Gasteiger partial charge in [0.2, 0.25) is 0 Å². The second kappa shape index (κ2) is 2.25. The summed E-state index contributed by atoms with van der Waals surface area (Å²) >= 11 is 0. The van der Waals surface area contributed by atoms with Gasteiger partial charge in [0, 0.05) is 0 Å². The van der Waals surface area contributed by atoms with E-state index in [0.29, 0.717) is 11.3 Å².